The minimum atomic E-state index is -0.234. The van der Waals surface area contributed by atoms with Crippen molar-refractivity contribution in [2.45, 2.75) is 18.8 Å². The molecule has 0 spiro atoms. The first-order chi connectivity index (χ1) is 9.24. The first-order valence-corrected chi connectivity index (χ1v) is 7.13. The third-order valence-corrected chi connectivity index (χ3v) is 4.42. The molecule has 0 fully saturated rings. The van der Waals surface area contributed by atoms with E-state index in [1.54, 1.807) is 11.3 Å². The van der Waals surface area contributed by atoms with Gasteiger partial charge in [0.1, 0.15) is 0 Å². The molecule has 3 rings (SSSR count). The topological polar surface area (TPSA) is 58.9 Å². The second-order valence-corrected chi connectivity index (χ2v) is 5.67. The van der Waals surface area contributed by atoms with E-state index in [4.69, 9.17) is 0 Å². The van der Waals surface area contributed by atoms with E-state index in [0.29, 0.717) is 0 Å². The van der Waals surface area contributed by atoms with Gasteiger partial charge in [0.2, 0.25) is 6.54 Å². The molecule has 0 aliphatic heterocycles. The Morgan fingerprint density at radius 1 is 1.42 bits per heavy atom. The highest BCUT2D eigenvalue weighted by Crippen LogP contribution is 2.30. The summed E-state index contributed by atoms with van der Waals surface area (Å²) in [7, 11) is 0. The Hall–Kier alpha value is -1.88. The summed E-state index contributed by atoms with van der Waals surface area (Å²) in [6, 6.07) is 6.00. The molecule has 1 aliphatic rings. The van der Waals surface area contributed by atoms with Crippen LogP contribution in [0, 0.1) is 10.1 Å². The molecule has 1 atom stereocenters. The van der Waals surface area contributed by atoms with E-state index in [0.717, 1.165) is 23.4 Å². The van der Waals surface area contributed by atoms with Crippen molar-refractivity contribution in [1.29, 1.82) is 0 Å². The maximum absolute atomic E-state index is 10.9. The molecule has 5 heteroatoms. The van der Waals surface area contributed by atoms with Crippen LogP contribution in [0.4, 0.5) is 0 Å². The SMILES string of the molecule is O=[N+]([O-])CC(c1cc2c([nH]1)CC=CC2)c1cccs1. The number of allylic oxidation sites excluding steroid dienone is 2. The second-order valence-electron chi connectivity index (χ2n) is 4.69. The molecule has 2 aromatic rings. The van der Waals surface area contributed by atoms with Crippen molar-refractivity contribution in [2.24, 2.45) is 0 Å². The summed E-state index contributed by atoms with van der Waals surface area (Å²) in [6.07, 6.45) is 6.09. The number of hydrogen-bond acceptors (Lipinski definition) is 3. The number of rotatable bonds is 4. The van der Waals surface area contributed by atoms with Crippen molar-refractivity contribution in [2.75, 3.05) is 6.54 Å². The zero-order chi connectivity index (χ0) is 13.2. The molecule has 0 saturated heterocycles. The highest BCUT2D eigenvalue weighted by atomic mass is 32.1. The molecule has 4 nitrogen and oxygen atoms in total. The van der Waals surface area contributed by atoms with E-state index in [2.05, 4.69) is 23.2 Å². The van der Waals surface area contributed by atoms with E-state index in [1.165, 1.54) is 11.3 Å². The van der Waals surface area contributed by atoms with Gasteiger partial charge in [0.05, 0.1) is 5.92 Å². The number of nitrogens with one attached hydrogen (secondary N) is 1. The third kappa shape index (κ3) is 2.46. The number of aromatic amines is 1. The Morgan fingerprint density at radius 2 is 2.26 bits per heavy atom. The molecule has 0 amide bonds. The van der Waals surface area contributed by atoms with Crippen molar-refractivity contribution in [1.82, 2.24) is 4.98 Å². The molecule has 1 aliphatic carbocycles. The second kappa shape index (κ2) is 5.01. The van der Waals surface area contributed by atoms with Crippen LogP contribution in [0.3, 0.4) is 0 Å². The lowest BCUT2D eigenvalue weighted by Crippen LogP contribution is -2.13. The Bertz CT molecular complexity index is 588. The van der Waals surface area contributed by atoms with E-state index < -0.39 is 0 Å². The van der Waals surface area contributed by atoms with Gasteiger partial charge in [0.15, 0.2) is 0 Å². The fraction of sp³-hybridized carbons (Fsp3) is 0.286. The lowest BCUT2D eigenvalue weighted by molar-refractivity contribution is -0.481. The van der Waals surface area contributed by atoms with Gasteiger partial charge in [-0.3, -0.25) is 10.1 Å². The van der Waals surface area contributed by atoms with Gasteiger partial charge in [-0.25, -0.2) is 0 Å². The summed E-state index contributed by atoms with van der Waals surface area (Å²) < 4.78 is 0. The maximum Gasteiger partial charge on any atom is 0.216 e. The molecule has 2 aromatic heterocycles. The lowest BCUT2D eigenvalue weighted by Gasteiger charge is -2.09. The molecule has 2 heterocycles. The summed E-state index contributed by atoms with van der Waals surface area (Å²) in [5.41, 5.74) is 3.43. The van der Waals surface area contributed by atoms with Crippen LogP contribution in [-0.2, 0) is 12.8 Å². The van der Waals surface area contributed by atoms with Crippen LogP contribution in [0.15, 0.2) is 35.7 Å². The smallest absolute Gasteiger partial charge is 0.216 e. The Kier molecular flexibility index (Phi) is 3.21. The normalized spacial score (nSPS) is 15.2. The van der Waals surface area contributed by atoms with Crippen LogP contribution < -0.4 is 0 Å². The number of H-pyrrole nitrogens is 1. The molecule has 0 radical (unpaired) electrons. The van der Waals surface area contributed by atoms with Gasteiger partial charge in [-0.15, -0.1) is 11.3 Å². The summed E-state index contributed by atoms with van der Waals surface area (Å²) in [5, 5.41) is 12.9. The molecule has 98 valence electrons. The number of nitro groups is 1. The molecule has 0 bridgehead atoms. The van der Waals surface area contributed by atoms with Crippen LogP contribution in [0.25, 0.3) is 0 Å². The van der Waals surface area contributed by atoms with Crippen molar-refractivity contribution >= 4 is 11.3 Å². The van der Waals surface area contributed by atoms with Crippen LogP contribution in [0.2, 0.25) is 0 Å². The van der Waals surface area contributed by atoms with Gasteiger partial charge in [-0.2, -0.15) is 0 Å². The summed E-state index contributed by atoms with van der Waals surface area (Å²) in [6.45, 7) is -0.0622. The summed E-state index contributed by atoms with van der Waals surface area (Å²) in [5.74, 6) is -0.166. The predicted octanol–water partition coefficient (Wildman–Crippen LogP) is 3.14. The molecule has 0 saturated carbocycles. The van der Waals surface area contributed by atoms with Crippen molar-refractivity contribution < 1.29 is 4.92 Å². The van der Waals surface area contributed by atoms with Crippen LogP contribution in [0.5, 0.6) is 0 Å². The van der Waals surface area contributed by atoms with E-state index in [9.17, 15) is 10.1 Å². The lowest BCUT2D eigenvalue weighted by atomic mass is 10.0. The van der Waals surface area contributed by atoms with Gasteiger partial charge in [0, 0.05) is 27.6 Å². The fourth-order valence-electron chi connectivity index (χ4n) is 2.51. The van der Waals surface area contributed by atoms with Crippen molar-refractivity contribution in [3.8, 4) is 0 Å². The van der Waals surface area contributed by atoms with Gasteiger partial charge in [-0.05, 0) is 29.5 Å². The van der Waals surface area contributed by atoms with E-state index >= 15 is 0 Å². The Balaban J connectivity index is 1.95. The van der Waals surface area contributed by atoms with Gasteiger partial charge in [0.25, 0.3) is 0 Å². The van der Waals surface area contributed by atoms with Crippen molar-refractivity contribution in [3.63, 3.8) is 0 Å². The number of thiophene rings is 1. The Morgan fingerprint density at radius 3 is 2.95 bits per heavy atom. The molecule has 1 N–H and O–H groups in total. The third-order valence-electron chi connectivity index (χ3n) is 3.43. The van der Waals surface area contributed by atoms with Gasteiger partial charge >= 0.3 is 0 Å². The monoisotopic (exact) mass is 274 g/mol. The van der Waals surface area contributed by atoms with Crippen LogP contribution in [0.1, 0.15) is 27.7 Å². The maximum atomic E-state index is 10.9. The average Bonchev–Trinajstić information content (AvgIpc) is 3.04. The predicted molar refractivity (Wildman–Crippen MR) is 75.4 cm³/mol. The minimum absolute atomic E-state index is 0.0622. The first-order valence-electron chi connectivity index (χ1n) is 6.25. The standard InChI is InChI=1S/C14H14N2O2S/c17-16(18)9-11(14-6-3-7-19-14)13-8-10-4-1-2-5-12(10)15-13/h1-3,6-8,11,15H,4-5,9H2. The van der Waals surface area contributed by atoms with Gasteiger partial charge in [-0.1, -0.05) is 18.2 Å². The fourth-order valence-corrected chi connectivity index (χ4v) is 3.35. The molecule has 0 aromatic carbocycles. The number of hydrogen-bond donors (Lipinski definition) is 1. The molecular formula is C14H14N2O2S. The Labute approximate surface area is 114 Å². The molecular weight excluding hydrogens is 260 g/mol. The average molecular weight is 274 g/mol. The highest BCUT2D eigenvalue weighted by molar-refractivity contribution is 7.10. The summed E-state index contributed by atoms with van der Waals surface area (Å²) in [4.78, 5) is 15.1. The summed E-state index contributed by atoms with van der Waals surface area (Å²) >= 11 is 1.57. The number of aromatic nitrogens is 1. The zero-order valence-electron chi connectivity index (χ0n) is 10.3. The van der Waals surface area contributed by atoms with E-state index in [-0.39, 0.29) is 17.4 Å². The van der Waals surface area contributed by atoms with Gasteiger partial charge < -0.3 is 4.98 Å². The highest BCUT2D eigenvalue weighted by Gasteiger charge is 2.24. The van der Waals surface area contributed by atoms with Crippen molar-refractivity contribution in [3.05, 3.63) is 67.7 Å². The number of fused-ring (bicyclic) bond motifs is 1. The minimum Gasteiger partial charge on any atom is -0.361 e. The quantitative estimate of drug-likeness (QED) is 0.529. The largest absolute Gasteiger partial charge is 0.361 e. The first kappa shape index (κ1) is 12.2. The van der Waals surface area contributed by atoms with Crippen LogP contribution >= 0.6 is 11.3 Å². The molecule has 19 heavy (non-hydrogen) atoms. The molecule has 1 unspecified atom stereocenters. The zero-order valence-corrected chi connectivity index (χ0v) is 11.2. The van der Waals surface area contributed by atoms with Crippen LogP contribution in [-0.4, -0.2) is 16.5 Å². The number of nitrogens with zero attached hydrogens (tertiary/aromatic N) is 1. The van der Waals surface area contributed by atoms with E-state index in [1.807, 2.05) is 17.5 Å².